The molecule has 0 amide bonds. The van der Waals surface area contributed by atoms with E-state index < -0.39 is 29.0 Å². The summed E-state index contributed by atoms with van der Waals surface area (Å²) in [7, 11) is 12.4. The molecule has 0 radical (unpaired) electrons. The van der Waals surface area contributed by atoms with Gasteiger partial charge in [0.05, 0.1) is 0 Å². The predicted octanol–water partition coefficient (Wildman–Crippen LogP) is 2.54. The number of hydrogen-bond donors (Lipinski definition) is 2. The van der Waals surface area contributed by atoms with Gasteiger partial charge in [-0.3, -0.25) is 0 Å². The molecule has 114 valence electrons. The zero-order valence-corrected chi connectivity index (χ0v) is 14.7. The van der Waals surface area contributed by atoms with E-state index in [1.807, 2.05) is 0 Å². The van der Waals surface area contributed by atoms with Gasteiger partial charge in [-0.15, -0.1) is 0 Å². The third-order valence-electron chi connectivity index (χ3n) is 3.81. The van der Waals surface area contributed by atoms with Gasteiger partial charge in [-0.05, 0) is 0 Å². The van der Waals surface area contributed by atoms with E-state index in [0.717, 1.165) is 51.4 Å². The van der Waals surface area contributed by atoms with E-state index in [4.69, 9.17) is 24.1 Å². The van der Waals surface area contributed by atoms with Crippen LogP contribution in [-0.2, 0) is 6.20 Å². The molecule has 0 spiro atoms. The van der Waals surface area contributed by atoms with Crippen LogP contribution in [0.25, 0.3) is 0 Å². The normalized spacial score (nSPS) is 38.1. The third kappa shape index (κ3) is 5.16. The molecule has 7 heteroatoms. The van der Waals surface area contributed by atoms with Gasteiger partial charge in [-0.1, -0.05) is 0 Å². The van der Waals surface area contributed by atoms with Crippen molar-refractivity contribution in [1.29, 1.82) is 0 Å². The van der Waals surface area contributed by atoms with E-state index in [0.29, 0.717) is 0 Å². The summed E-state index contributed by atoms with van der Waals surface area (Å²) in [5.41, 5.74) is 0. The Bertz CT molecular complexity index is 267. The monoisotopic (exact) mass is 430 g/mol. The van der Waals surface area contributed by atoms with Crippen LogP contribution in [0.2, 0.25) is 0 Å². The second-order valence-corrected chi connectivity index (χ2v) is 15.1. The van der Waals surface area contributed by atoms with E-state index in [2.05, 4.69) is 0 Å². The molecule has 4 unspecified atom stereocenters. The molecule has 0 aliphatic heterocycles. The van der Waals surface area contributed by atoms with Crippen molar-refractivity contribution in [2.75, 3.05) is 0 Å². The molecule has 2 rings (SSSR count). The maximum atomic E-state index is 9.87. The van der Waals surface area contributed by atoms with Crippen LogP contribution in [0.1, 0.15) is 51.4 Å². The first kappa shape index (κ1) is 16.6. The number of aliphatic hydroxyl groups is 2. The van der Waals surface area contributed by atoms with E-state index in [1.165, 1.54) is 0 Å². The van der Waals surface area contributed by atoms with Gasteiger partial charge in [0.2, 0.25) is 0 Å². The van der Waals surface area contributed by atoms with Crippen molar-refractivity contribution in [2.24, 2.45) is 0 Å². The van der Waals surface area contributed by atoms with Crippen molar-refractivity contribution < 1.29 is 16.4 Å². The average molecular weight is 429 g/mol. The van der Waals surface area contributed by atoms with Crippen molar-refractivity contribution in [1.82, 2.24) is 0 Å². The summed E-state index contributed by atoms with van der Waals surface area (Å²) >= 11 is -3.90. The van der Waals surface area contributed by atoms with Crippen LogP contribution in [0.4, 0.5) is 0 Å². The van der Waals surface area contributed by atoms with Crippen molar-refractivity contribution in [3.05, 3.63) is 0 Å². The first-order valence-corrected chi connectivity index (χ1v) is 14.7. The van der Waals surface area contributed by atoms with Gasteiger partial charge >= 0.3 is 127 Å². The fraction of sp³-hybridized carbons (Fsp3) is 1.00. The Morgan fingerprint density at radius 2 is 1.11 bits per heavy atom. The summed E-state index contributed by atoms with van der Waals surface area (Å²) in [5, 5.41) is 19.7. The molecule has 0 bridgehead atoms. The van der Waals surface area contributed by atoms with Crippen molar-refractivity contribution in [2.45, 2.75) is 75.8 Å². The van der Waals surface area contributed by atoms with E-state index in [1.54, 1.807) is 0 Å². The molecule has 19 heavy (non-hydrogen) atoms. The third-order valence-corrected chi connectivity index (χ3v) is 8.45. The second-order valence-electron chi connectivity index (χ2n) is 5.35. The molecule has 4 atom stereocenters. The van der Waals surface area contributed by atoms with Crippen LogP contribution in [0.3, 0.4) is 0 Å². The first-order chi connectivity index (χ1) is 8.98. The summed E-state index contributed by atoms with van der Waals surface area (Å²) in [6.07, 6.45) is 5.40. The standard InChI is InChI=1S/C12H22Cl2O4Te/c13-19(14,17-11-7-3-1-5-9(11)15)18-12-8-4-2-6-10(12)16/h9-12,15-16H,1-8H2. The zero-order valence-electron chi connectivity index (χ0n) is 10.8. The summed E-state index contributed by atoms with van der Waals surface area (Å²) in [6.45, 7) is 0. The predicted molar refractivity (Wildman–Crippen MR) is 76.2 cm³/mol. The number of rotatable bonds is 4. The molecule has 0 aromatic carbocycles. The minimum absolute atomic E-state index is 0.314. The Morgan fingerprint density at radius 3 is 1.47 bits per heavy atom. The van der Waals surface area contributed by atoms with Crippen LogP contribution >= 0.6 is 17.9 Å². The van der Waals surface area contributed by atoms with Gasteiger partial charge in [0.1, 0.15) is 0 Å². The van der Waals surface area contributed by atoms with Crippen LogP contribution in [-0.4, -0.2) is 51.4 Å². The topological polar surface area (TPSA) is 58.9 Å². The van der Waals surface area contributed by atoms with E-state index in [-0.39, 0.29) is 12.2 Å². The Balaban J connectivity index is 1.86. The Labute approximate surface area is 126 Å². The molecular weight excluding hydrogens is 407 g/mol. The van der Waals surface area contributed by atoms with Crippen LogP contribution in [0.15, 0.2) is 0 Å². The van der Waals surface area contributed by atoms with E-state index >= 15 is 0 Å². The Hall–Kier alpha value is 1.21. The SMILES string of the molecule is OC1CCCCC1O[Te](Cl)(Cl)OC1CCCCC1O. The molecule has 2 aliphatic rings. The maximum absolute atomic E-state index is 9.87. The average Bonchev–Trinajstić information content (AvgIpc) is 2.35. The molecule has 2 saturated carbocycles. The molecule has 0 saturated heterocycles. The van der Waals surface area contributed by atoms with Crippen LogP contribution in [0, 0.1) is 0 Å². The van der Waals surface area contributed by atoms with Gasteiger partial charge in [0.25, 0.3) is 0 Å². The van der Waals surface area contributed by atoms with Crippen LogP contribution < -0.4 is 0 Å². The Kier molecular flexibility index (Phi) is 6.51. The van der Waals surface area contributed by atoms with Crippen molar-refractivity contribution in [3.63, 3.8) is 0 Å². The van der Waals surface area contributed by atoms with Gasteiger partial charge < -0.3 is 0 Å². The number of aliphatic hydroxyl groups excluding tert-OH is 2. The molecule has 4 nitrogen and oxygen atoms in total. The molecule has 2 N–H and O–H groups in total. The molecule has 2 aliphatic carbocycles. The fourth-order valence-corrected chi connectivity index (χ4v) is 8.25. The van der Waals surface area contributed by atoms with Crippen molar-refractivity contribution in [3.8, 4) is 0 Å². The van der Waals surface area contributed by atoms with Gasteiger partial charge in [-0.25, -0.2) is 0 Å². The molecule has 0 aromatic rings. The molecular formula is C12H22Cl2O4Te. The number of hydrogen-bond acceptors (Lipinski definition) is 4. The molecule has 0 aromatic heterocycles. The summed E-state index contributed by atoms with van der Waals surface area (Å²) < 4.78 is 11.4. The van der Waals surface area contributed by atoms with Gasteiger partial charge in [-0.2, -0.15) is 0 Å². The summed E-state index contributed by atoms with van der Waals surface area (Å²) in [5.74, 6) is 0. The zero-order chi connectivity index (χ0) is 13.9. The van der Waals surface area contributed by atoms with Gasteiger partial charge in [0, 0.05) is 0 Å². The van der Waals surface area contributed by atoms with Crippen LogP contribution in [0.5, 0.6) is 0 Å². The quantitative estimate of drug-likeness (QED) is 0.676. The number of halogens is 2. The first-order valence-electron chi connectivity index (χ1n) is 6.93. The Morgan fingerprint density at radius 1 is 0.737 bits per heavy atom. The second kappa shape index (κ2) is 7.47. The fourth-order valence-electron chi connectivity index (χ4n) is 2.69. The van der Waals surface area contributed by atoms with Gasteiger partial charge in [0.15, 0.2) is 0 Å². The van der Waals surface area contributed by atoms with Crippen molar-refractivity contribution >= 4 is 34.7 Å². The summed E-state index contributed by atoms with van der Waals surface area (Å²) in [4.78, 5) is 0. The molecule has 0 heterocycles. The minimum atomic E-state index is -3.90. The molecule has 2 fully saturated rings. The van der Waals surface area contributed by atoms with E-state index in [9.17, 15) is 10.2 Å². The summed E-state index contributed by atoms with van der Waals surface area (Å²) in [6, 6.07) is 0.